The van der Waals surface area contributed by atoms with Crippen molar-refractivity contribution in [3.05, 3.63) is 57.3 Å². The van der Waals surface area contributed by atoms with Gasteiger partial charge in [-0.3, -0.25) is 4.79 Å². The van der Waals surface area contributed by atoms with Gasteiger partial charge < -0.3 is 4.90 Å². The lowest BCUT2D eigenvalue weighted by molar-refractivity contribution is -0.119. The van der Waals surface area contributed by atoms with Crippen molar-refractivity contribution < 1.29 is 4.79 Å². The fraction of sp³-hybridized carbons (Fsp3) is 0.278. The van der Waals surface area contributed by atoms with E-state index in [2.05, 4.69) is 16.5 Å². The maximum absolute atomic E-state index is 12.8. The molecule has 1 aromatic carbocycles. The van der Waals surface area contributed by atoms with Crippen molar-refractivity contribution >= 4 is 22.9 Å². The molecule has 0 aliphatic carbocycles. The number of aromatic nitrogens is 4. The summed E-state index contributed by atoms with van der Waals surface area (Å²) in [5.74, 6) is -0.325. The lowest BCUT2D eigenvalue weighted by Gasteiger charge is -2.22. The minimum atomic E-state index is -0.480. The van der Waals surface area contributed by atoms with Gasteiger partial charge in [0.05, 0.1) is 12.5 Å². The normalized spacial score (nSPS) is 10.6. The van der Waals surface area contributed by atoms with Gasteiger partial charge in [0.1, 0.15) is 11.5 Å². The maximum atomic E-state index is 12.8. The number of rotatable bonds is 6. The lowest BCUT2D eigenvalue weighted by atomic mass is 10.1. The molecule has 0 aliphatic heterocycles. The van der Waals surface area contributed by atoms with Gasteiger partial charge in [-0.1, -0.05) is 6.07 Å². The van der Waals surface area contributed by atoms with Gasteiger partial charge in [-0.25, -0.2) is 4.79 Å². The molecule has 0 saturated heterocycles. The molecule has 0 saturated carbocycles. The van der Waals surface area contributed by atoms with Crippen molar-refractivity contribution in [3.63, 3.8) is 0 Å². The van der Waals surface area contributed by atoms with E-state index >= 15 is 0 Å². The first-order valence-corrected chi connectivity index (χ1v) is 9.20. The molecule has 0 atom stereocenters. The van der Waals surface area contributed by atoms with Gasteiger partial charge >= 0.3 is 5.69 Å². The minimum absolute atomic E-state index is 0.190. The Labute approximate surface area is 159 Å². The molecule has 138 valence electrons. The Morgan fingerprint density at radius 2 is 2.07 bits per heavy atom. The second-order valence-corrected chi connectivity index (χ2v) is 6.93. The van der Waals surface area contributed by atoms with Gasteiger partial charge in [0.25, 0.3) is 0 Å². The number of benzene rings is 1. The topological polar surface area (TPSA) is 96.8 Å². The molecule has 0 N–H and O–H groups in total. The molecule has 0 unspecified atom stereocenters. The maximum Gasteiger partial charge on any atom is 0.369 e. The second-order valence-electron chi connectivity index (χ2n) is 6.00. The number of aryl methyl sites for hydroxylation is 2. The number of carbonyl (C=O) groups excluding carboxylic acids is 1. The Hall–Kier alpha value is -3.25. The van der Waals surface area contributed by atoms with Crippen molar-refractivity contribution in [2.75, 3.05) is 11.4 Å². The third-order valence-corrected chi connectivity index (χ3v) is 5.03. The first-order chi connectivity index (χ1) is 13.0. The average molecular weight is 382 g/mol. The van der Waals surface area contributed by atoms with Crippen LogP contribution in [-0.4, -0.2) is 32.2 Å². The number of amides is 1. The van der Waals surface area contributed by atoms with Crippen LogP contribution in [0, 0.1) is 25.2 Å². The minimum Gasteiger partial charge on any atom is -0.310 e. The van der Waals surface area contributed by atoms with Gasteiger partial charge in [0.15, 0.2) is 0 Å². The van der Waals surface area contributed by atoms with Crippen LogP contribution in [0.15, 0.2) is 40.5 Å². The van der Waals surface area contributed by atoms with Crippen molar-refractivity contribution in [1.29, 1.82) is 5.26 Å². The molecular weight excluding hydrogens is 364 g/mol. The van der Waals surface area contributed by atoms with Gasteiger partial charge in [-0.05, 0) is 65.0 Å². The average Bonchev–Trinajstić information content (AvgIpc) is 3.29. The van der Waals surface area contributed by atoms with E-state index in [9.17, 15) is 9.59 Å². The fourth-order valence-electron chi connectivity index (χ4n) is 2.57. The summed E-state index contributed by atoms with van der Waals surface area (Å²) in [4.78, 5) is 26.8. The number of tetrazole rings is 1. The molecule has 27 heavy (non-hydrogen) atoms. The van der Waals surface area contributed by atoms with E-state index in [1.807, 2.05) is 37.4 Å². The zero-order valence-electron chi connectivity index (χ0n) is 15.0. The highest BCUT2D eigenvalue weighted by molar-refractivity contribution is 7.12. The molecule has 2 heterocycles. The van der Waals surface area contributed by atoms with Crippen LogP contribution in [0.5, 0.6) is 0 Å². The second kappa shape index (κ2) is 7.97. The van der Waals surface area contributed by atoms with E-state index < -0.39 is 5.69 Å². The Balaban J connectivity index is 1.86. The van der Waals surface area contributed by atoms with Crippen LogP contribution in [0.2, 0.25) is 0 Å². The molecule has 0 aliphatic rings. The summed E-state index contributed by atoms with van der Waals surface area (Å²) in [5, 5.41) is 19.0. The number of nitriles is 1. The van der Waals surface area contributed by atoms with Crippen molar-refractivity contribution in [1.82, 2.24) is 19.8 Å². The van der Waals surface area contributed by atoms with Crippen LogP contribution in [0.4, 0.5) is 5.69 Å². The summed E-state index contributed by atoms with van der Waals surface area (Å²) in [7, 11) is 0. The quantitative estimate of drug-likeness (QED) is 0.650. The molecular formula is C18H18N6O2S. The Morgan fingerprint density at radius 3 is 2.74 bits per heavy atom. The number of carbonyl (C=O) groups is 1. The summed E-state index contributed by atoms with van der Waals surface area (Å²) < 4.78 is 2.19. The number of hydrogen-bond donors (Lipinski definition) is 0. The van der Waals surface area contributed by atoms with Gasteiger partial charge in [0, 0.05) is 12.2 Å². The molecule has 0 fully saturated rings. The molecule has 8 nitrogen and oxygen atoms in total. The van der Waals surface area contributed by atoms with Gasteiger partial charge in [0.2, 0.25) is 5.91 Å². The van der Waals surface area contributed by atoms with Crippen LogP contribution in [0.1, 0.15) is 17.5 Å². The van der Waals surface area contributed by atoms with Crippen LogP contribution in [-0.2, 0) is 11.3 Å². The molecule has 3 rings (SSSR count). The Kier molecular flexibility index (Phi) is 5.47. The Morgan fingerprint density at radius 1 is 1.26 bits per heavy atom. The zero-order valence-corrected chi connectivity index (χ0v) is 15.8. The summed E-state index contributed by atoms with van der Waals surface area (Å²) in [5.41, 5.74) is 2.37. The highest BCUT2D eigenvalue weighted by atomic mass is 32.1. The molecule has 0 bridgehead atoms. The van der Waals surface area contributed by atoms with E-state index in [1.165, 1.54) is 16.2 Å². The predicted octanol–water partition coefficient (Wildman–Crippen LogP) is 2.05. The van der Waals surface area contributed by atoms with Crippen LogP contribution in [0.3, 0.4) is 0 Å². The SMILES string of the molecule is Cc1ccc(N(CCC#N)C(=O)Cn2nnn(-c3cccs3)c2=O)cc1C. The standard InChI is InChI=1S/C18H18N6O2S/c1-13-6-7-15(11-14(13)2)22(9-4-8-19)16(25)12-23-18(26)24(21-20-23)17-5-3-10-27-17/h3,5-7,10-11H,4,9,12H2,1-2H3. The summed E-state index contributed by atoms with van der Waals surface area (Å²) in [6.07, 6.45) is 0.190. The van der Waals surface area contributed by atoms with Crippen LogP contribution >= 0.6 is 11.3 Å². The molecule has 0 spiro atoms. The number of thiophene rings is 1. The molecule has 2 aromatic heterocycles. The van der Waals surface area contributed by atoms with Crippen molar-refractivity contribution in [3.8, 4) is 11.1 Å². The van der Waals surface area contributed by atoms with Crippen molar-refractivity contribution in [2.45, 2.75) is 26.8 Å². The van der Waals surface area contributed by atoms with E-state index in [4.69, 9.17) is 5.26 Å². The summed E-state index contributed by atoms with van der Waals surface area (Å²) in [6.45, 7) is 3.94. The molecule has 1 amide bonds. The first kappa shape index (κ1) is 18.5. The van der Waals surface area contributed by atoms with E-state index in [-0.39, 0.29) is 25.4 Å². The highest BCUT2D eigenvalue weighted by Gasteiger charge is 2.19. The molecule has 0 radical (unpaired) electrons. The van der Waals surface area contributed by atoms with Crippen LogP contribution in [0.25, 0.3) is 5.00 Å². The van der Waals surface area contributed by atoms with Crippen molar-refractivity contribution in [2.24, 2.45) is 0 Å². The van der Waals surface area contributed by atoms with Crippen LogP contribution < -0.4 is 10.6 Å². The van der Waals surface area contributed by atoms with Gasteiger partial charge in [-0.2, -0.15) is 14.6 Å². The third kappa shape index (κ3) is 3.96. The first-order valence-electron chi connectivity index (χ1n) is 8.32. The van der Waals surface area contributed by atoms with E-state index in [0.717, 1.165) is 20.5 Å². The fourth-order valence-corrected chi connectivity index (χ4v) is 3.24. The van der Waals surface area contributed by atoms with Gasteiger partial charge in [-0.15, -0.1) is 11.3 Å². The predicted molar refractivity (Wildman–Crippen MR) is 102 cm³/mol. The van der Waals surface area contributed by atoms with E-state index in [0.29, 0.717) is 10.7 Å². The van der Waals surface area contributed by atoms with E-state index in [1.54, 1.807) is 12.1 Å². The smallest absolute Gasteiger partial charge is 0.310 e. The number of anilines is 1. The summed E-state index contributed by atoms with van der Waals surface area (Å²) in [6, 6.07) is 11.3. The number of nitrogens with zero attached hydrogens (tertiary/aromatic N) is 6. The monoisotopic (exact) mass is 382 g/mol. The number of hydrogen-bond acceptors (Lipinski definition) is 6. The molecule has 9 heteroatoms. The largest absolute Gasteiger partial charge is 0.369 e. The zero-order chi connectivity index (χ0) is 19.4. The Bertz CT molecular complexity index is 1040. The highest BCUT2D eigenvalue weighted by Crippen LogP contribution is 2.19. The molecule has 3 aromatic rings. The lowest BCUT2D eigenvalue weighted by Crippen LogP contribution is -2.37. The summed E-state index contributed by atoms with van der Waals surface area (Å²) >= 11 is 1.36. The third-order valence-electron chi connectivity index (χ3n) is 4.19.